The highest BCUT2D eigenvalue weighted by Gasteiger charge is 2.14. The van der Waals surface area contributed by atoms with Gasteiger partial charge in [-0.05, 0) is 30.9 Å². The lowest BCUT2D eigenvalue weighted by Gasteiger charge is -2.30. The zero-order chi connectivity index (χ0) is 19.3. The molecular formula is C21H37IN4O2. The van der Waals surface area contributed by atoms with E-state index in [2.05, 4.69) is 60.6 Å². The van der Waals surface area contributed by atoms with Crippen molar-refractivity contribution in [2.45, 2.75) is 33.7 Å². The van der Waals surface area contributed by atoms with Crippen LogP contribution in [-0.2, 0) is 16.0 Å². The van der Waals surface area contributed by atoms with Gasteiger partial charge in [-0.2, -0.15) is 0 Å². The van der Waals surface area contributed by atoms with Crippen LogP contribution in [0, 0.1) is 5.92 Å². The number of hydrogen-bond donors (Lipinski definition) is 2. The van der Waals surface area contributed by atoms with Crippen LogP contribution in [-0.4, -0.2) is 58.6 Å². The van der Waals surface area contributed by atoms with E-state index in [9.17, 15) is 0 Å². The molecule has 1 saturated heterocycles. The number of morpholine rings is 1. The number of halogens is 1. The number of nitrogens with zero attached hydrogens (tertiary/aromatic N) is 2. The molecule has 28 heavy (non-hydrogen) atoms. The quantitative estimate of drug-likeness (QED) is 0.222. The Morgan fingerprint density at radius 2 is 1.93 bits per heavy atom. The van der Waals surface area contributed by atoms with Crippen LogP contribution in [0.4, 0.5) is 5.69 Å². The fourth-order valence-corrected chi connectivity index (χ4v) is 2.93. The smallest absolute Gasteiger partial charge is 0.191 e. The Morgan fingerprint density at radius 3 is 2.64 bits per heavy atom. The summed E-state index contributed by atoms with van der Waals surface area (Å²) in [5.74, 6) is 1.52. The van der Waals surface area contributed by atoms with Crippen molar-refractivity contribution in [1.29, 1.82) is 0 Å². The Labute approximate surface area is 187 Å². The summed E-state index contributed by atoms with van der Waals surface area (Å²) in [5.41, 5.74) is 2.50. The third kappa shape index (κ3) is 9.43. The van der Waals surface area contributed by atoms with Crippen molar-refractivity contribution >= 4 is 35.6 Å². The predicted molar refractivity (Wildman–Crippen MR) is 128 cm³/mol. The molecule has 1 aromatic carbocycles. The summed E-state index contributed by atoms with van der Waals surface area (Å²) in [4.78, 5) is 7.15. The standard InChI is InChI=1S/C21H36N4O2.HI/c1-4-22-21(23-10-14-26-13-9-18(2)3)24-17-19-7-5-6-8-20(19)25-11-15-27-16-12-25;/h5-8,18H,4,9-17H2,1-3H3,(H2,22,23,24);1H. The molecule has 0 saturated carbocycles. The Morgan fingerprint density at radius 1 is 1.18 bits per heavy atom. The van der Waals surface area contributed by atoms with Crippen LogP contribution in [0.15, 0.2) is 29.3 Å². The van der Waals surface area contributed by atoms with Gasteiger partial charge in [0.25, 0.3) is 0 Å². The minimum atomic E-state index is 0. The highest BCUT2D eigenvalue weighted by Crippen LogP contribution is 2.22. The second-order valence-electron chi connectivity index (χ2n) is 7.14. The predicted octanol–water partition coefficient (Wildman–Crippen LogP) is 3.26. The molecule has 7 heteroatoms. The van der Waals surface area contributed by atoms with Crippen molar-refractivity contribution in [3.63, 3.8) is 0 Å². The van der Waals surface area contributed by atoms with Crippen LogP contribution >= 0.6 is 24.0 Å². The van der Waals surface area contributed by atoms with E-state index in [0.29, 0.717) is 19.1 Å². The van der Waals surface area contributed by atoms with E-state index < -0.39 is 0 Å². The number of guanidine groups is 1. The summed E-state index contributed by atoms with van der Waals surface area (Å²) in [7, 11) is 0. The maximum absolute atomic E-state index is 5.67. The first-order valence-electron chi connectivity index (χ1n) is 10.2. The normalized spacial score (nSPS) is 14.7. The summed E-state index contributed by atoms with van der Waals surface area (Å²) in [5, 5.41) is 6.67. The maximum Gasteiger partial charge on any atom is 0.191 e. The number of nitrogens with one attached hydrogen (secondary N) is 2. The van der Waals surface area contributed by atoms with Gasteiger partial charge < -0.3 is 25.0 Å². The first-order chi connectivity index (χ1) is 13.2. The van der Waals surface area contributed by atoms with Crippen LogP contribution in [0.5, 0.6) is 0 Å². The summed E-state index contributed by atoms with van der Waals surface area (Å²) in [6, 6.07) is 8.51. The van der Waals surface area contributed by atoms with Gasteiger partial charge in [-0.25, -0.2) is 4.99 Å². The molecular weight excluding hydrogens is 467 g/mol. The monoisotopic (exact) mass is 504 g/mol. The average Bonchev–Trinajstić information content (AvgIpc) is 2.69. The van der Waals surface area contributed by atoms with Crippen LogP contribution in [0.1, 0.15) is 32.8 Å². The van der Waals surface area contributed by atoms with E-state index in [1.54, 1.807) is 0 Å². The minimum Gasteiger partial charge on any atom is -0.380 e. The number of ether oxygens (including phenoxy) is 2. The van der Waals surface area contributed by atoms with Gasteiger partial charge in [0.1, 0.15) is 0 Å². The van der Waals surface area contributed by atoms with Gasteiger partial charge in [-0.3, -0.25) is 0 Å². The van der Waals surface area contributed by atoms with E-state index in [0.717, 1.165) is 58.4 Å². The second kappa shape index (κ2) is 14.9. The summed E-state index contributed by atoms with van der Waals surface area (Å²) in [6.07, 6.45) is 1.10. The van der Waals surface area contributed by atoms with Crippen molar-refractivity contribution in [3.05, 3.63) is 29.8 Å². The number of aliphatic imine (C=N–C) groups is 1. The van der Waals surface area contributed by atoms with Crippen molar-refractivity contribution < 1.29 is 9.47 Å². The molecule has 1 aromatic rings. The molecule has 1 heterocycles. The minimum absolute atomic E-state index is 0. The molecule has 0 unspecified atom stereocenters. The Kier molecular flexibility index (Phi) is 13.3. The molecule has 160 valence electrons. The molecule has 0 atom stereocenters. The van der Waals surface area contributed by atoms with Crippen LogP contribution in [0.25, 0.3) is 0 Å². The average molecular weight is 504 g/mol. The van der Waals surface area contributed by atoms with Gasteiger partial charge in [-0.15, -0.1) is 24.0 Å². The lowest BCUT2D eigenvalue weighted by Crippen LogP contribution is -2.39. The third-order valence-electron chi connectivity index (χ3n) is 4.47. The summed E-state index contributed by atoms with van der Waals surface area (Å²) in [6.45, 7) is 13.7. The number of rotatable bonds is 10. The van der Waals surface area contributed by atoms with Gasteiger partial charge in [0.15, 0.2) is 5.96 Å². The zero-order valence-electron chi connectivity index (χ0n) is 17.6. The number of hydrogen-bond acceptors (Lipinski definition) is 4. The van der Waals surface area contributed by atoms with Crippen molar-refractivity contribution in [3.8, 4) is 0 Å². The fraction of sp³-hybridized carbons (Fsp3) is 0.667. The molecule has 0 aromatic heterocycles. The molecule has 0 amide bonds. The Hall–Kier alpha value is -1.06. The summed E-state index contributed by atoms with van der Waals surface area (Å²) < 4.78 is 11.1. The first kappa shape index (κ1) is 25.0. The molecule has 0 bridgehead atoms. The Bertz CT molecular complexity index is 563. The molecule has 2 rings (SSSR count). The first-order valence-corrected chi connectivity index (χ1v) is 10.2. The van der Waals surface area contributed by atoms with Crippen LogP contribution in [0.3, 0.4) is 0 Å². The molecule has 0 radical (unpaired) electrons. The highest BCUT2D eigenvalue weighted by atomic mass is 127. The lowest BCUT2D eigenvalue weighted by atomic mass is 10.1. The lowest BCUT2D eigenvalue weighted by molar-refractivity contribution is 0.122. The second-order valence-corrected chi connectivity index (χ2v) is 7.14. The molecule has 6 nitrogen and oxygen atoms in total. The molecule has 0 aliphatic carbocycles. The largest absolute Gasteiger partial charge is 0.380 e. The van der Waals surface area contributed by atoms with Gasteiger partial charge in [0.05, 0.1) is 26.4 Å². The van der Waals surface area contributed by atoms with Gasteiger partial charge in [0.2, 0.25) is 0 Å². The molecule has 1 fully saturated rings. The van der Waals surface area contributed by atoms with Crippen molar-refractivity contribution in [1.82, 2.24) is 10.6 Å². The van der Waals surface area contributed by atoms with E-state index in [4.69, 9.17) is 14.5 Å². The fourth-order valence-electron chi connectivity index (χ4n) is 2.93. The van der Waals surface area contributed by atoms with Crippen LogP contribution < -0.4 is 15.5 Å². The van der Waals surface area contributed by atoms with E-state index in [1.165, 1.54) is 11.3 Å². The molecule has 1 aliphatic heterocycles. The van der Waals surface area contributed by atoms with Gasteiger partial charge in [0, 0.05) is 38.5 Å². The highest BCUT2D eigenvalue weighted by molar-refractivity contribution is 14.0. The van der Waals surface area contributed by atoms with Gasteiger partial charge in [-0.1, -0.05) is 32.0 Å². The number of anilines is 1. The van der Waals surface area contributed by atoms with Crippen LogP contribution in [0.2, 0.25) is 0 Å². The SMILES string of the molecule is CCNC(=NCc1ccccc1N1CCOCC1)NCCOCCC(C)C.I. The summed E-state index contributed by atoms with van der Waals surface area (Å²) >= 11 is 0. The third-order valence-corrected chi connectivity index (χ3v) is 4.47. The Balaban J connectivity index is 0.00000392. The number of benzene rings is 1. The molecule has 1 aliphatic rings. The van der Waals surface area contributed by atoms with E-state index >= 15 is 0 Å². The maximum atomic E-state index is 5.67. The number of para-hydroxylation sites is 1. The van der Waals surface area contributed by atoms with Crippen molar-refractivity contribution in [2.24, 2.45) is 10.9 Å². The van der Waals surface area contributed by atoms with Crippen molar-refractivity contribution in [2.75, 3.05) is 57.5 Å². The molecule has 0 spiro atoms. The van der Waals surface area contributed by atoms with Gasteiger partial charge >= 0.3 is 0 Å². The molecule has 2 N–H and O–H groups in total. The topological polar surface area (TPSA) is 58.1 Å². The van der Waals surface area contributed by atoms with E-state index in [1.807, 2.05) is 0 Å². The van der Waals surface area contributed by atoms with E-state index in [-0.39, 0.29) is 24.0 Å². The zero-order valence-corrected chi connectivity index (χ0v) is 19.9.